The number of alkyl carbamates (subject to hydrolysis) is 1. The van der Waals surface area contributed by atoms with Gasteiger partial charge in [0.15, 0.2) is 0 Å². The number of anilines is 1. The Hall–Kier alpha value is -5.70. The molecule has 3 amide bonds. The standard InChI is InChI=1S/C40H47N5O5.C2HF3O2/c1-25-21-37(46)44-36-22-27(18-19-28(25)36)42-39(48)34(17-9-10-20-41)43-38(47)23-35(26-11-3-2-4-12-26)45-40(49)50-24-33-31-15-7-5-13-29(31)30-14-6-8-16-32(30)33;3-2(4,5)1(6)7/h5-8,13-16,18-19,21-22,26,33-35H,2-4,9-12,17,20,23-24,41H2,1H3,(H,42,48)(H,43,47)(H,44,46)(H,45,49);(H,6,7)/t34-,35?;/m0./s1. The summed E-state index contributed by atoms with van der Waals surface area (Å²) in [6.07, 6.45) is 1.21. The van der Waals surface area contributed by atoms with Gasteiger partial charge in [-0.15, -0.1) is 0 Å². The number of carboxylic acids is 1. The number of aromatic nitrogens is 1. The maximum atomic E-state index is 13.6. The van der Waals surface area contributed by atoms with Gasteiger partial charge in [0.05, 0.1) is 5.52 Å². The number of benzene rings is 3. The number of carbonyl (C=O) groups excluding carboxylic acids is 3. The first-order valence-corrected chi connectivity index (χ1v) is 19.1. The van der Waals surface area contributed by atoms with Crippen LogP contribution in [0.25, 0.3) is 22.0 Å². The molecule has 7 N–H and O–H groups in total. The third kappa shape index (κ3) is 11.4. The number of carbonyl (C=O) groups is 4. The molecule has 1 saturated carbocycles. The first kappa shape index (κ1) is 42.4. The van der Waals surface area contributed by atoms with E-state index in [0.29, 0.717) is 37.0 Å². The number of carboxylic acid groups (broad SMARTS) is 1. The van der Waals surface area contributed by atoms with Gasteiger partial charge >= 0.3 is 18.2 Å². The molecular formula is C42H48F3N5O7. The molecule has 2 aliphatic carbocycles. The summed E-state index contributed by atoms with van der Waals surface area (Å²) in [6, 6.07) is 22.1. The Morgan fingerprint density at radius 2 is 1.54 bits per heavy atom. The van der Waals surface area contributed by atoms with E-state index in [-0.39, 0.29) is 42.2 Å². The molecular weight excluding hydrogens is 743 g/mol. The van der Waals surface area contributed by atoms with E-state index in [1.54, 1.807) is 12.1 Å². The van der Waals surface area contributed by atoms with Crippen LogP contribution in [-0.2, 0) is 19.1 Å². The maximum absolute atomic E-state index is 13.6. The Morgan fingerprint density at radius 3 is 2.16 bits per heavy atom. The smallest absolute Gasteiger partial charge is 0.475 e. The molecule has 6 rings (SSSR count). The highest BCUT2D eigenvalue weighted by Crippen LogP contribution is 2.44. The Morgan fingerprint density at radius 1 is 0.912 bits per heavy atom. The summed E-state index contributed by atoms with van der Waals surface area (Å²) in [4.78, 5) is 64.2. The number of aliphatic carboxylic acids is 1. The summed E-state index contributed by atoms with van der Waals surface area (Å²) in [5.41, 5.74) is 12.1. The Labute approximate surface area is 327 Å². The zero-order valence-electron chi connectivity index (χ0n) is 31.6. The number of H-pyrrole nitrogens is 1. The van der Waals surface area contributed by atoms with Gasteiger partial charge in [0.1, 0.15) is 12.6 Å². The highest BCUT2D eigenvalue weighted by Gasteiger charge is 2.38. The molecule has 0 aliphatic heterocycles. The minimum Gasteiger partial charge on any atom is -0.475 e. The van der Waals surface area contributed by atoms with Crippen LogP contribution in [0.2, 0.25) is 0 Å². The molecule has 0 saturated heterocycles. The van der Waals surface area contributed by atoms with Crippen LogP contribution in [0.1, 0.15) is 80.4 Å². The number of unbranched alkanes of at least 4 members (excludes halogenated alkanes) is 1. The Kier molecular flexibility index (Phi) is 14.5. The molecule has 1 heterocycles. The Balaban J connectivity index is 0.000000811. The number of pyridine rings is 1. The van der Waals surface area contributed by atoms with Crippen LogP contribution in [0.5, 0.6) is 0 Å². The number of amides is 3. The molecule has 2 atom stereocenters. The number of nitrogens with two attached hydrogens (primary N) is 1. The average Bonchev–Trinajstić information content (AvgIpc) is 3.50. The van der Waals surface area contributed by atoms with Gasteiger partial charge in [0.25, 0.3) is 0 Å². The fourth-order valence-electron chi connectivity index (χ4n) is 7.62. The predicted octanol–water partition coefficient (Wildman–Crippen LogP) is 6.90. The van der Waals surface area contributed by atoms with E-state index in [4.69, 9.17) is 20.4 Å². The van der Waals surface area contributed by atoms with Crippen molar-refractivity contribution in [1.29, 1.82) is 0 Å². The monoisotopic (exact) mass is 791 g/mol. The number of hydrogen-bond acceptors (Lipinski definition) is 7. The number of hydrogen-bond donors (Lipinski definition) is 6. The van der Waals surface area contributed by atoms with Crippen LogP contribution in [0.4, 0.5) is 23.7 Å². The molecule has 0 bridgehead atoms. The van der Waals surface area contributed by atoms with E-state index < -0.39 is 30.3 Å². The topological polar surface area (TPSA) is 193 Å². The molecule has 1 fully saturated rings. The summed E-state index contributed by atoms with van der Waals surface area (Å²) in [7, 11) is 0. The number of aromatic amines is 1. The zero-order valence-corrected chi connectivity index (χ0v) is 31.6. The summed E-state index contributed by atoms with van der Waals surface area (Å²) in [5.74, 6) is -3.37. The Bertz CT molecular complexity index is 2070. The average molecular weight is 792 g/mol. The van der Waals surface area contributed by atoms with Crippen LogP contribution >= 0.6 is 0 Å². The van der Waals surface area contributed by atoms with Gasteiger partial charge in [-0.1, -0.05) is 73.9 Å². The number of ether oxygens (including phenoxy) is 1. The van der Waals surface area contributed by atoms with Gasteiger partial charge in [-0.05, 0) is 91.4 Å². The maximum Gasteiger partial charge on any atom is 0.490 e. The van der Waals surface area contributed by atoms with Crippen molar-refractivity contribution in [2.24, 2.45) is 11.7 Å². The SMILES string of the molecule is Cc1cc(=O)[nH]c2cc(NC(=O)[C@H](CCCCN)NC(=O)CC(NC(=O)OCC3c4ccccc4-c4ccccc43)C3CCCCC3)ccc12.O=C(O)C(F)(F)F. The van der Waals surface area contributed by atoms with Crippen molar-refractivity contribution in [2.75, 3.05) is 18.5 Å². The van der Waals surface area contributed by atoms with Crippen molar-refractivity contribution < 1.29 is 42.2 Å². The van der Waals surface area contributed by atoms with E-state index in [0.717, 1.165) is 65.3 Å². The van der Waals surface area contributed by atoms with Crippen LogP contribution in [-0.4, -0.2) is 65.4 Å². The van der Waals surface area contributed by atoms with E-state index in [1.165, 1.54) is 6.07 Å². The van der Waals surface area contributed by atoms with Crippen LogP contribution < -0.4 is 27.2 Å². The fraction of sp³-hybridized carbons (Fsp3) is 0.405. The third-order valence-electron chi connectivity index (χ3n) is 10.4. The summed E-state index contributed by atoms with van der Waals surface area (Å²) < 4.78 is 37.6. The van der Waals surface area contributed by atoms with E-state index in [2.05, 4.69) is 45.2 Å². The molecule has 4 aromatic rings. The second-order valence-corrected chi connectivity index (χ2v) is 14.5. The molecule has 1 aromatic heterocycles. The molecule has 57 heavy (non-hydrogen) atoms. The van der Waals surface area contributed by atoms with Gasteiger partial charge in [0.2, 0.25) is 17.4 Å². The van der Waals surface area contributed by atoms with Crippen molar-refractivity contribution in [3.05, 3.63) is 99.8 Å². The second kappa shape index (κ2) is 19.4. The molecule has 0 radical (unpaired) electrons. The predicted molar refractivity (Wildman–Crippen MR) is 210 cm³/mol. The lowest BCUT2D eigenvalue weighted by Crippen LogP contribution is -2.48. The van der Waals surface area contributed by atoms with Gasteiger partial charge in [0, 0.05) is 35.5 Å². The van der Waals surface area contributed by atoms with E-state index in [1.807, 2.05) is 37.3 Å². The number of fused-ring (bicyclic) bond motifs is 4. The minimum absolute atomic E-state index is 0.0337. The highest BCUT2D eigenvalue weighted by atomic mass is 19.4. The number of halogens is 3. The lowest BCUT2D eigenvalue weighted by Gasteiger charge is -2.31. The fourth-order valence-corrected chi connectivity index (χ4v) is 7.62. The van der Waals surface area contributed by atoms with Gasteiger partial charge in [-0.2, -0.15) is 13.2 Å². The van der Waals surface area contributed by atoms with Gasteiger partial charge in [-0.3, -0.25) is 14.4 Å². The van der Waals surface area contributed by atoms with Crippen molar-refractivity contribution in [3.8, 4) is 11.1 Å². The van der Waals surface area contributed by atoms with Gasteiger partial charge in [-0.25, -0.2) is 9.59 Å². The zero-order chi connectivity index (χ0) is 41.1. The normalized spacial score (nSPS) is 15.0. The second-order valence-electron chi connectivity index (χ2n) is 14.5. The number of alkyl halides is 3. The highest BCUT2D eigenvalue weighted by molar-refractivity contribution is 5.99. The number of nitrogens with one attached hydrogen (secondary N) is 4. The summed E-state index contributed by atoms with van der Waals surface area (Å²) >= 11 is 0. The van der Waals surface area contributed by atoms with E-state index >= 15 is 0 Å². The molecule has 12 nitrogen and oxygen atoms in total. The molecule has 304 valence electrons. The lowest BCUT2D eigenvalue weighted by atomic mass is 9.82. The third-order valence-corrected chi connectivity index (χ3v) is 10.4. The minimum atomic E-state index is -5.08. The van der Waals surface area contributed by atoms with Crippen molar-refractivity contribution in [1.82, 2.24) is 15.6 Å². The summed E-state index contributed by atoms with van der Waals surface area (Å²) in [6.45, 7) is 2.53. The van der Waals surface area contributed by atoms with E-state index in [9.17, 15) is 32.3 Å². The van der Waals surface area contributed by atoms with Crippen molar-refractivity contribution in [2.45, 2.75) is 88.9 Å². The largest absolute Gasteiger partial charge is 0.490 e. The molecule has 2 aliphatic rings. The van der Waals surface area contributed by atoms with Crippen molar-refractivity contribution >= 4 is 40.5 Å². The molecule has 1 unspecified atom stereocenters. The van der Waals surface area contributed by atoms with Crippen LogP contribution in [0, 0.1) is 12.8 Å². The van der Waals surface area contributed by atoms with Gasteiger partial charge < -0.3 is 36.5 Å². The number of aryl methyl sites for hydroxylation is 1. The molecule has 0 spiro atoms. The number of rotatable bonds is 13. The quantitative estimate of drug-likeness (QED) is 0.0788. The lowest BCUT2D eigenvalue weighted by molar-refractivity contribution is -0.192. The molecule has 15 heteroatoms. The van der Waals surface area contributed by atoms with Crippen LogP contribution in [0.3, 0.4) is 0 Å². The van der Waals surface area contributed by atoms with Crippen LogP contribution in [0.15, 0.2) is 77.6 Å². The summed E-state index contributed by atoms with van der Waals surface area (Å²) in [5, 5.41) is 16.9. The van der Waals surface area contributed by atoms with Crippen molar-refractivity contribution in [3.63, 3.8) is 0 Å². The molecule has 3 aromatic carbocycles. The first-order chi connectivity index (χ1) is 27.2. The first-order valence-electron chi connectivity index (χ1n) is 19.1.